The summed E-state index contributed by atoms with van der Waals surface area (Å²) in [5.74, 6) is 2.72. The third-order valence-electron chi connectivity index (χ3n) is 5.49. The molecule has 0 radical (unpaired) electrons. The van der Waals surface area contributed by atoms with Gasteiger partial charge in [0.05, 0.1) is 5.39 Å². The standard InChI is InChI=1S/C19H22N6S/c1-13-3-4-14-15(11-13)26-18-16(14)17(22-12-23-18)24-7-9-25(10-8-24)19-20-5-2-6-21-19/h2,5-6,12-13H,3-4,7-11H2,1H3/t13-/m0/s1. The first-order chi connectivity index (χ1) is 12.8. The number of aryl methyl sites for hydroxylation is 1. The molecule has 3 aromatic heterocycles. The first-order valence-electron chi connectivity index (χ1n) is 9.32. The van der Waals surface area contributed by atoms with E-state index in [2.05, 4.69) is 31.7 Å². The molecule has 1 aliphatic carbocycles. The van der Waals surface area contributed by atoms with Crippen LogP contribution in [0.15, 0.2) is 24.8 Å². The number of aromatic nitrogens is 4. The van der Waals surface area contributed by atoms with Gasteiger partial charge in [-0.2, -0.15) is 0 Å². The SMILES string of the molecule is C[C@H]1CCc2c(sc3ncnc(N4CCN(c5ncccn5)CC4)c23)C1. The Morgan fingerprint density at radius 3 is 2.58 bits per heavy atom. The minimum atomic E-state index is 0.779. The summed E-state index contributed by atoms with van der Waals surface area (Å²) >= 11 is 1.87. The Hall–Kier alpha value is -2.28. The van der Waals surface area contributed by atoms with Crippen LogP contribution in [0.1, 0.15) is 23.8 Å². The molecule has 0 bridgehead atoms. The molecular formula is C19H22N6S. The van der Waals surface area contributed by atoms with Crippen LogP contribution in [0.25, 0.3) is 10.2 Å². The molecule has 0 amide bonds. The predicted molar refractivity (Wildman–Crippen MR) is 105 cm³/mol. The van der Waals surface area contributed by atoms with Crippen LogP contribution in [0.3, 0.4) is 0 Å². The molecule has 7 heteroatoms. The lowest BCUT2D eigenvalue weighted by Gasteiger charge is -2.35. The van der Waals surface area contributed by atoms with E-state index in [-0.39, 0.29) is 0 Å². The molecule has 134 valence electrons. The lowest BCUT2D eigenvalue weighted by Crippen LogP contribution is -2.47. The second-order valence-corrected chi connectivity index (χ2v) is 8.34. The largest absolute Gasteiger partial charge is 0.352 e. The molecule has 26 heavy (non-hydrogen) atoms. The Labute approximate surface area is 156 Å². The molecule has 0 spiro atoms. The quantitative estimate of drug-likeness (QED) is 0.695. The first kappa shape index (κ1) is 15.9. The fourth-order valence-electron chi connectivity index (χ4n) is 4.07. The molecule has 1 saturated heterocycles. The van der Waals surface area contributed by atoms with Gasteiger partial charge in [-0.1, -0.05) is 6.92 Å². The van der Waals surface area contributed by atoms with E-state index < -0.39 is 0 Å². The van der Waals surface area contributed by atoms with Crippen molar-refractivity contribution < 1.29 is 0 Å². The molecule has 5 rings (SSSR count). The Morgan fingerprint density at radius 2 is 1.77 bits per heavy atom. The maximum absolute atomic E-state index is 4.70. The van der Waals surface area contributed by atoms with Crippen LogP contribution in [0.4, 0.5) is 11.8 Å². The smallest absolute Gasteiger partial charge is 0.225 e. The third-order valence-corrected chi connectivity index (χ3v) is 6.65. The summed E-state index contributed by atoms with van der Waals surface area (Å²) in [7, 11) is 0. The Morgan fingerprint density at radius 1 is 1.00 bits per heavy atom. The fraction of sp³-hybridized carbons (Fsp3) is 0.474. The van der Waals surface area contributed by atoms with Crippen LogP contribution in [0, 0.1) is 5.92 Å². The second kappa shape index (κ2) is 6.46. The topological polar surface area (TPSA) is 58.0 Å². The molecule has 0 N–H and O–H groups in total. The first-order valence-corrected chi connectivity index (χ1v) is 10.1. The molecule has 2 aliphatic rings. The highest BCUT2D eigenvalue weighted by atomic mass is 32.1. The highest BCUT2D eigenvalue weighted by Gasteiger charge is 2.27. The molecule has 0 saturated carbocycles. The normalized spacial score (nSPS) is 20.4. The van der Waals surface area contributed by atoms with Crippen LogP contribution in [0.5, 0.6) is 0 Å². The zero-order valence-corrected chi connectivity index (χ0v) is 15.7. The van der Waals surface area contributed by atoms with E-state index in [0.717, 1.165) is 55.1 Å². The minimum absolute atomic E-state index is 0.779. The van der Waals surface area contributed by atoms with Crippen molar-refractivity contribution in [2.75, 3.05) is 36.0 Å². The van der Waals surface area contributed by atoms with Crippen LogP contribution in [-0.2, 0) is 12.8 Å². The van der Waals surface area contributed by atoms with E-state index in [1.807, 2.05) is 17.4 Å². The average Bonchev–Trinajstić information content (AvgIpc) is 3.06. The zero-order valence-electron chi connectivity index (χ0n) is 14.9. The number of nitrogens with zero attached hydrogens (tertiary/aromatic N) is 6. The van der Waals surface area contributed by atoms with Gasteiger partial charge in [0.25, 0.3) is 0 Å². The maximum atomic E-state index is 4.70. The Balaban J connectivity index is 1.43. The summed E-state index contributed by atoms with van der Waals surface area (Å²) in [5.41, 5.74) is 1.51. The van der Waals surface area contributed by atoms with E-state index in [9.17, 15) is 0 Å². The molecule has 1 atom stereocenters. The predicted octanol–water partition coefficient (Wildman–Crippen LogP) is 2.93. The number of anilines is 2. The molecule has 4 heterocycles. The fourth-order valence-corrected chi connectivity index (χ4v) is 5.42. The molecule has 1 fully saturated rings. The van der Waals surface area contributed by atoms with Gasteiger partial charge in [-0.3, -0.25) is 0 Å². The monoisotopic (exact) mass is 366 g/mol. The van der Waals surface area contributed by atoms with Gasteiger partial charge in [0.2, 0.25) is 5.95 Å². The second-order valence-electron chi connectivity index (χ2n) is 7.25. The summed E-state index contributed by atoms with van der Waals surface area (Å²) < 4.78 is 0. The third kappa shape index (κ3) is 2.70. The van der Waals surface area contributed by atoms with Gasteiger partial charge in [0, 0.05) is 43.4 Å². The van der Waals surface area contributed by atoms with Crippen molar-refractivity contribution in [3.8, 4) is 0 Å². The van der Waals surface area contributed by atoms with Crippen LogP contribution in [0.2, 0.25) is 0 Å². The van der Waals surface area contributed by atoms with Gasteiger partial charge in [-0.05, 0) is 36.8 Å². The molecule has 6 nitrogen and oxygen atoms in total. The summed E-state index contributed by atoms with van der Waals surface area (Å²) in [5, 5.41) is 1.31. The number of fused-ring (bicyclic) bond motifs is 3. The van der Waals surface area contributed by atoms with Gasteiger partial charge < -0.3 is 9.80 Å². The molecule has 0 unspecified atom stereocenters. The van der Waals surface area contributed by atoms with Gasteiger partial charge in [0.1, 0.15) is 17.0 Å². The van der Waals surface area contributed by atoms with Crippen LogP contribution in [-0.4, -0.2) is 46.1 Å². The number of hydrogen-bond donors (Lipinski definition) is 0. The summed E-state index contributed by atoms with van der Waals surface area (Å²) in [6, 6.07) is 1.86. The van der Waals surface area contributed by atoms with Gasteiger partial charge >= 0.3 is 0 Å². The highest BCUT2D eigenvalue weighted by molar-refractivity contribution is 7.19. The summed E-state index contributed by atoms with van der Waals surface area (Å²) in [4.78, 5) is 25.4. The van der Waals surface area contributed by atoms with E-state index in [1.165, 1.54) is 28.7 Å². The van der Waals surface area contributed by atoms with Crippen molar-refractivity contribution in [2.24, 2.45) is 5.92 Å². The summed E-state index contributed by atoms with van der Waals surface area (Å²) in [6.07, 6.45) is 8.97. The van der Waals surface area contributed by atoms with Crippen molar-refractivity contribution in [1.29, 1.82) is 0 Å². The van der Waals surface area contributed by atoms with Crippen molar-refractivity contribution >= 4 is 33.3 Å². The van der Waals surface area contributed by atoms with Crippen molar-refractivity contribution in [2.45, 2.75) is 26.2 Å². The van der Waals surface area contributed by atoms with Crippen LogP contribution < -0.4 is 9.80 Å². The van der Waals surface area contributed by atoms with Gasteiger partial charge in [-0.25, -0.2) is 19.9 Å². The van der Waals surface area contributed by atoms with Crippen molar-refractivity contribution in [3.63, 3.8) is 0 Å². The molecule has 1 aliphatic heterocycles. The minimum Gasteiger partial charge on any atom is -0.352 e. The maximum Gasteiger partial charge on any atom is 0.225 e. The lowest BCUT2D eigenvalue weighted by atomic mass is 9.89. The van der Waals surface area contributed by atoms with E-state index in [0.29, 0.717) is 0 Å². The molecular weight excluding hydrogens is 344 g/mol. The average molecular weight is 366 g/mol. The molecule has 3 aromatic rings. The van der Waals surface area contributed by atoms with E-state index >= 15 is 0 Å². The molecule has 0 aromatic carbocycles. The van der Waals surface area contributed by atoms with Gasteiger partial charge in [-0.15, -0.1) is 11.3 Å². The lowest BCUT2D eigenvalue weighted by molar-refractivity contribution is 0.509. The van der Waals surface area contributed by atoms with E-state index in [4.69, 9.17) is 4.98 Å². The Bertz CT molecular complexity index is 916. The highest BCUT2D eigenvalue weighted by Crippen LogP contribution is 2.40. The summed E-state index contributed by atoms with van der Waals surface area (Å²) in [6.45, 7) is 6.05. The van der Waals surface area contributed by atoms with Crippen molar-refractivity contribution in [1.82, 2.24) is 19.9 Å². The van der Waals surface area contributed by atoms with Crippen molar-refractivity contribution in [3.05, 3.63) is 35.2 Å². The number of rotatable bonds is 2. The number of thiophene rings is 1. The van der Waals surface area contributed by atoms with E-state index in [1.54, 1.807) is 18.7 Å². The van der Waals surface area contributed by atoms with Crippen LogP contribution >= 0.6 is 11.3 Å². The number of hydrogen-bond acceptors (Lipinski definition) is 7. The van der Waals surface area contributed by atoms with Gasteiger partial charge in [0.15, 0.2) is 0 Å². The Kier molecular flexibility index (Phi) is 3.96. The number of piperazine rings is 1. The zero-order chi connectivity index (χ0) is 17.5.